The first-order valence-corrected chi connectivity index (χ1v) is 7.40. The fraction of sp³-hybridized carbons (Fsp3) is 0.250. The van der Waals surface area contributed by atoms with Crippen LogP contribution in [-0.4, -0.2) is 22.0 Å². The molecule has 100 valence electrons. The van der Waals surface area contributed by atoms with Gasteiger partial charge in [0.2, 0.25) is 0 Å². The molecule has 0 atom stereocenters. The summed E-state index contributed by atoms with van der Waals surface area (Å²) in [4.78, 5) is 27.3. The number of amides is 1. The second-order valence-electron chi connectivity index (χ2n) is 3.74. The SMILES string of the molecule is CCc1ccsc1C(=O)NCc1nc(C(=O)O)cs1. The van der Waals surface area contributed by atoms with Crippen LogP contribution in [0, 0.1) is 0 Å². The predicted molar refractivity (Wildman–Crippen MR) is 73.9 cm³/mol. The topological polar surface area (TPSA) is 79.3 Å². The fourth-order valence-corrected chi connectivity index (χ4v) is 3.16. The van der Waals surface area contributed by atoms with Gasteiger partial charge in [0.15, 0.2) is 5.69 Å². The van der Waals surface area contributed by atoms with Gasteiger partial charge in [0, 0.05) is 5.38 Å². The normalized spacial score (nSPS) is 10.4. The van der Waals surface area contributed by atoms with Crippen molar-refractivity contribution in [1.82, 2.24) is 10.3 Å². The number of nitrogens with one attached hydrogen (secondary N) is 1. The van der Waals surface area contributed by atoms with Crippen molar-refractivity contribution in [1.29, 1.82) is 0 Å². The van der Waals surface area contributed by atoms with Crippen molar-refractivity contribution in [3.8, 4) is 0 Å². The molecule has 2 heterocycles. The van der Waals surface area contributed by atoms with Gasteiger partial charge < -0.3 is 10.4 Å². The summed E-state index contributed by atoms with van der Waals surface area (Å²) in [5.41, 5.74) is 1.03. The molecule has 0 bridgehead atoms. The predicted octanol–water partition coefficient (Wildman–Crippen LogP) is 2.40. The van der Waals surface area contributed by atoms with Crippen LogP contribution in [0.2, 0.25) is 0 Å². The number of rotatable bonds is 5. The summed E-state index contributed by atoms with van der Waals surface area (Å²) in [6.45, 7) is 2.25. The molecule has 0 fully saturated rings. The van der Waals surface area contributed by atoms with Crippen LogP contribution < -0.4 is 5.32 Å². The van der Waals surface area contributed by atoms with Crippen molar-refractivity contribution < 1.29 is 14.7 Å². The molecule has 0 aliphatic rings. The van der Waals surface area contributed by atoms with Crippen LogP contribution in [0.15, 0.2) is 16.8 Å². The highest BCUT2D eigenvalue weighted by Gasteiger charge is 2.13. The quantitative estimate of drug-likeness (QED) is 0.888. The molecule has 2 aromatic heterocycles. The Morgan fingerprint density at radius 3 is 2.84 bits per heavy atom. The molecule has 7 heteroatoms. The zero-order valence-corrected chi connectivity index (χ0v) is 11.8. The van der Waals surface area contributed by atoms with Gasteiger partial charge in [0.05, 0.1) is 11.4 Å². The lowest BCUT2D eigenvalue weighted by Crippen LogP contribution is -2.22. The van der Waals surface area contributed by atoms with E-state index in [4.69, 9.17) is 5.11 Å². The molecule has 0 saturated heterocycles. The first-order valence-electron chi connectivity index (χ1n) is 5.64. The Morgan fingerprint density at radius 1 is 1.42 bits per heavy atom. The van der Waals surface area contributed by atoms with Crippen LogP contribution >= 0.6 is 22.7 Å². The van der Waals surface area contributed by atoms with E-state index in [1.54, 1.807) is 0 Å². The summed E-state index contributed by atoms with van der Waals surface area (Å²) in [7, 11) is 0. The number of carbonyl (C=O) groups is 2. The van der Waals surface area contributed by atoms with Gasteiger partial charge in [-0.1, -0.05) is 6.92 Å². The second kappa shape index (κ2) is 5.94. The van der Waals surface area contributed by atoms with Crippen LogP contribution in [-0.2, 0) is 13.0 Å². The Bertz CT molecular complexity index is 604. The standard InChI is InChI=1S/C12H12N2O3S2/c1-2-7-3-4-18-10(7)11(15)13-5-9-14-8(6-19-9)12(16)17/h3-4,6H,2,5H2,1H3,(H,13,15)(H,16,17). The van der Waals surface area contributed by atoms with Crippen LogP contribution in [0.25, 0.3) is 0 Å². The number of carboxylic acids is 1. The second-order valence-corrected chi connectivity index (χ2v) is 5.60. The zero-order valence-electron chi connectivity index (χ0n) is 10.2. The molecule has 0 radical (unpaired) electrons. The molecule has 2 aromatic rings. The molecular weight excluding hydrogens is 284 g/mol. The van der Waals surface area contributed by atoms with E-state index in [-0.39, 0.29) is 18.1 Å². The molecule has 0 saturated carbocycles. The average Bonchev–Trinajstić information content (AvgIpc) is 3.04. The van der Waals surface area contributed by atoms with Gasteiger partial charge in [-0.05, 0) is 23.4 Å². The Labute approximate surface area is 117 Å². The summed E-state index contributed by atoms with van der Waals surface area (Å²) in [5.74, 6) is -1.20. The Hall–Kier alpha value is -1.73. The molecule has 1 amide bonds. The monoisotopic (exact) mass is 296 g/mol. The van der Waals surface area contributed by atoms with Crippen LogP contribution in [0.1, 0.15) is 37.7 Å². The first-order chi connectivity index (χ1) is 9.11. The van der Waals surface area contributed by atoms with Crippen molar-refractivity contribution in [3.63, 3.8) is 0 Å². The van der Waals surface area contributed by atoms with Crippen molar-refractivity contribution >= 4 is 34.6 Å². The number of hydrogen-bond acceptors (Lipinski definition) is 5. The van der Waals surface area contributed by atoms with Gasteiger partial charge in [0.25, 0.3) is 5.91 Å². The number of aromatic carboxylic acids is 1. The Kier molecular flexibility index (Phi) is 4.28. The molecule has 0 spiro atoms. The van der Waals surface area contributed by atoms with Crippen LogP contribution in [0.3, 0.4) is 0 Å². The maximum absolute atomic E-state index is 12.0. The maximum Gasteiger partial charge on any atom is 0.355 e. The van der Waals surface area contributed by atoms with E-state index in [9.17, 15) is 9.59 Å². The van der Waals surface area contributed by atoms with Gasteiger partial charge in [-0.15, -0.1) is 22.7 Å². The van der Waals surface area contributed by atoms with Gasteiger partial charge >= 0.3 is 5.97 Å². The lowest BCUT2D eigenvalue weighted by atomic mass is 10.2. The average molecular weight is 296 g/mol. The number of nitrogens with zero attached hydrogens (tertiary/aromatic N) is 1. The minimum atomic E-state index is -1.06. The molecule has 0 aromatic carbocycles. The Balaban J connectivity index is 1.98. The molecule has 2 rings (SSSR count). The highest BCUT2D eigenvalue weighted by Crippen LogP contribution is 2.17. The third-order valence-electron chi connectivity index (χ3n) is 2.50. The molecule has 0 aliphatic heterocycles. The third kappa shape index (κ3) is 3.18. The summed E-state index contributed by atoms with van der Waals surface area (Å²) in [6.07, 6.45) is 0.812. The summed E-state index contributed by atoms with van der Waals surface area (Å²) < 4.78 is 0. The van der Waals surface area contributed by atoms with Gasteiger partial charge in [-0.3, -0.25) is 4.79 Å². The minimum absolute atomic E-state index is 0.0135. The van der Waals surface area contributed by atoms with Crippen LogP contribution in [0.4, 0.5) is 0 Å². The van der Waals surface area contributed by atoms with E-state index in [0.29, 0.717) is 9.88 Å². The van der Waals surface area contributed by atoms with Crippen molar-refractivity contribution in [2.45, 2.75) is 19.9 Å². The smallest absolute Gasteiger partial charge is 0.355 e. The third-order valence-corrected chi connectivity index (χ3v) is 4.31. The van der Waals surface area contributed by atoms with E-state index < -0.39 is 5.97 Å². The molecule has 0 unspecified atom stereocenters. The number of carbonyl (C=O) groups excluding carboxylic acids is 1. The van der Waals surface area contributed by atoms with E-state index in [1.165, 1.54) is 28.1 Å². The number of carboxylic acid groups (broad SMARTS) is 1. The fourth-order valence-electron chi connectivity index (χ4n) is 1.54. The lowest BCUT2D eigenvalue weighted by molar-refractivity contribution is 0.0691. The number of aryl methyl sites for hydroxylation is 1. The summed E-state index contributed by atoms with van der Waals surface area (Å²) in [5, 5.41) is 15.4. The number of thiazole rings is 1. The van der Waals surface area contributed by atoms with E-state index in [2.05, 4.69) is 10.3 Å². The van der Waals surface area contributed by atoms with E-state index >= 15 is 0 Å². The largest absolute Gasteiger partial charge is 0.476 e. The van der Waals surface area contributed by atoms with Gasteiger partial charge in [-0.2, -0.15) is 0 Å². The maximum atomic E-state index is 12.0. The summed E-state index contributed by atoms with van der Waals surface area (Å²) in [6, 6.07) is 1.94. The Morgan fingerprint density at radius 2 is 2.21 bits per heavy atom. The molecule has 5 nitrogen and oxygen atoms in total. The van der Waals surface area contributed by atoms with Gasteiger partial charge in [0.1, 0.15) is 5.01 Å². The van der Waals surface area contributed by atoms with Gasteiger partial charge in [-0.25, -0.2) is 9.78 Å². The molecular formula is C12H12N2O3S2. The van der Waals surface area contributed by atoms with Crippen LogP contribution in [0.5, 0.6) is 0 Å². The minimum Gasteiger partial charge on any atom is -0.476 e. The van der Waals surface area contributed by atoms with E-state index in [1.807, 2.05) is 18.4 Å². The molecule has 2 N–H and O–H groups in total. The van der Waals surface area contributed by atoms with Crippen molar-refractivity contribution in [2.24, 2.45) is 0 Å². The van der Waals surface area contributed by atoms with Crippen molar-refractivity contribution in [2.75, 3.05) is 0 Å². The first kappa shape index (κ1) is 13.7. The van der Waals surface area contributed by atoms with Crippen molar-refractivity contribution in [3.05, 3.63) is 38.0 Å². The highest BCUT2D eigenvalue weighted by molar-refractivity contribution is 7.12. The summed E-state index contributed by atoms with van der Waals surface area (Å²) >= 11 is 2.63. The number of hydrogen-bond donors (Lipinski definition) is 2. The number of aromatic nitrogens is 1. The lowest BCUT2D eigenvalue weighted by Gasteiger charge is -2.02. The molecule has 0 aliphatic carbocycles. The number of thiophene rings is 1. The van der Waals surface area contributed by atoms with E-state index in [0.717, 1.165) is 12.0 Å². The molecule has 19 heavy (non-hydrogen) atoms. The zero-order chi connectivity index (χ0) is 13.8. The highest BCUT2D eigenvalue weighted by atomic mass is 32.1.